The van der Waals surface area contributed by atoms with E-state index in [0.29, 0.717) is 18.2 Å². The predicted molar refractivity (Wildman–Crippen MR) is 156 cm³/mol. The van der Waals surface area contributed by atoms with E-state index in [2.05, 4.69) is 35.9 Å². The van der Waals surface area contributed by atoms with Crippen LogP contribution in [0.1, 0.15) is 30.5 Å². The van der Waals surface area contributed by atoms with E-state index in [1.165, 1.54) is 0 Å². The van der Waals surface area contributed by atoms with Gasteiger partial charge in [-0.3, -0.25) is 14.0 Å². The monoisotopic (exact) mass is 549 g/mol. The zero-order valence-corrected chi connectivity index (χ0v) is 22.9. The van der Waals surface area contributed by atoms with E-state index in [-0.39, 0.29) is 17.6 Å². The number of aryl methyl sites for hydroxylation is 1. The molecule has 1 saturated carbocycles. The van der Waals surface area contributed by atoms with E-state index in [1.807, 2.05) is 72.7 Å². The maximum absolute atomic E-state index is 12.7. The average molecular weight is 550 g/mol. The van der Waals surface area contributed by atoms with Gasteiger partial charge in [0.15, 0.2) is 0 Å². The zero-order valence-electron chi connectivity index (χ0n) is 22.9. The normalized spacial score (nSPS) is 16.4. The minimum Gasteiger partial charge on any atom is -0.497 e. The minimum atomic E-state index is -0.126. The molecule has 1 fully saturated rings. The summed E-state index contributed by atoms with van der Waals surface area (Å²) in [5, 5.41) is 19.5. The van der Waals surface area contributed by atoms with Crippen LogP contribution in [0, 0.1) is 6.92 Å². The van der Waals surface area contributed by atoms with Crippen LogP contribution < -0.4 is 20.9 Å². The van der Waals surface area contributed by atoms with Crippen LogP contribution in [0.4, 0.5) is 11.8 Å². The molecule has 208 valence electrons. The van der Waals surface area contributed by atoms with Crippen LogP contribution >= 0.6 is 0 Å². The molecule has 0 radical (unpaired) electrons. The summed E-state index contributed by atoms with van der Waals surface area (Å²) in [5.74, 6) is 2.15. The molecule has 0 saturated heterocycles. The molecule has 41 heavy (non-hydrogen) atoms. The van der Waals surface area contributed by atoms with Gasteiger partial charge in [-0.1, -0.05) is 12.1 Å². The molecule has 0 bridgehead atoms. The maximum Gasteiger partial charge on any atom is 0.255 e. The molecule has 11 nitrogen and oxygen atoms in total. The number of ether oxygens (including phenoxy) is 1. The third-order valence-corrected chi connectivity index (χ3v) is 7.20. The van der Waals surface area contributed by atoms with E-state index in [1.54, 1.807) is 30.1 Å². The van der Waals surface area contributed by atoms with Crippen molar-refractivity contribution in [2.45, 2.75) is 44.8 Å². The fourth-order valence-corrected chi connectivity index (χ4v) is 5.02. The second-order valence-electron chi connectivity index (χ2n) is 10.2. The molecule has 11 heteroatoms. The molecule has 0 amide bonds. The Morgan fingerprint density at radius 1 is 0.878 bits per heavy atom. The van der Waals surface area contributed by atoms with E-state index in [4.69, 9.17) is 4.74 Å². The molecule has 6 rings (SSSR count). The lowest BCUT2D eigenvalue weighted by molar-refractivity contribution is 0.414. The van der Waals surface area contributed by atoms with Crippen molar-refractivity contribution in [3.8, 4) is 22.6 Å². The SMILES string of the molecule is COc1ccc(Cn2cc(-c3ccc(=O)n(-c4ccc(N[C@H]5CC[C@H](Nc6ncc(C)nn6)C5)nc4)c3)cn2)cc1. The number of nitrogens with one attached hydrogen (secondary N) is 2. The van der Waals surface area contributed by atoms with Gasteiger partial charge in [-0.2, -0.15) is 10.2 Å². The van der Waals surface area contributed by atoms with Gasteiger partial charge in [-0.05, 0) is 62.1 Å². The fourth-order valence-electron chi connectivity index (χ4n) is 5.02. The molecule has 4 heterocycles. The van der Waals surface area contributed by atoms with Crippen LogP contribution in [0.5, 0.6) is 5.75 Å². The van der Waals surface area contributed by atoms with Gasteiger partial charge in [0, 0.05) is 41.7 Å². The third kappa shape index (κ3) is 6.24. The second kappa shape index (κ2) is 11.6. The Morgan fingerprint density at radius 3 is 2.44 bits per heavy atom. The topological polar surface area (TPSA) is 125 Å². The standard InChI is InChI=1S/C30H31N9O2/c1-20-14-32-30(37-36-20)35-25-7-6-24(13-25)34-28-11-8-26(16-31-28)39-19-22(5-12-29(39)40)23-15-33-38(18-23)17-21-3-9-27(41-2)10-4-21/h3-5,8-12,14-16,18-19,24-25H,6-7,13,17H2,1-2H3,(H,31,34)(H,32,35,37)/t24-,25-/m0/s1. The number of rotatable bonds is 9. The Labute approximate surface area is 237 Å². The molecule has 0 aliphatic heterocycles. The summed E-state index contributed by atoms with van der Waals surface area (Å²) in [4.78, 5) is 21.6. The first kappa shape index (κ1) is 26.2. The van der Waals surface area contributed by atoms with Crippen LogP contribution in [0.25, 0.3) is 16.8 Å². The first-order valence-corrected chi connectivity index (χ1v) is 13.6. The lowest BCUT2D eigenvalue weighted by Gasteiger charge is -2.15. The van der Waals surface area contributed by atoms with Crippen molar-refractivity contribution in [3.05, 3.63) is 101 Å². The highest BCUT2D eigenvalue weighted by Gasteiger charge is 2.25. The highest BCUT2D eigenvalue weighted by atomic mass is 16.5. The Morgan fingerprint density at radius 2 is 1.71 bits per heavy atom. The van der Waals surface area contributed by atoms with Gasteiger partial charge in [-0.25, -0.2) is 9.97 Å². The van der Waals surface area contributed by atoms with Crippen molar-refractivity contribution in [2.75, 3.05) is 17.7 Å². The van der Waals surface area contributed by atoms with E-state index >= 15 is 0 Å². The average Bonchev–Trinajstić information content (AvgIpc) is 3.65. The van der Waals surface area contributed by atoms with Crippen LogP contribution in [-0.2, 0) is 6.54 Å². The summed E-state index contributed by atoms with van der Waals surface area (Å²) >= 11 is 0. The third-order valence-electron chi connectivity index (χ3n) is 7.20. The summed E-state index contributed by atoms with van der Waals surface area (Å²) < 4.78 is 8.72. The highest BCUT2D eigenvalue weighted by Crippen LogP contribution is 2.25. The molecule has 0 unspecified atom stereocenters. The quantitative estimate of drug-likeness (QED) is 0.280. The van der Waals surface area contributed by atoms with Crippen LogP contribution in [0.15, 0.2) is 84.3 Å². The molecule has 1 aromatic carbocycles. The van der Waals surface area contributed by atoms with E-state index in [9.17, 15) is 4.79 Å². The van der Waals surface area contributed by atoms with E-state index < -0.39 is 0 Å². The molecule has 2 atom stereocenters. The van der Waals surface area contributed by atoms with Gasteiger partial charge in [0.1, 0.15) is 11.6 Å². The Bertz CT molecular complexity index is 1660. The first-order chi connectivity index (χ1) is 20.0. The van der Waals surface area contributed by atoms with E-state index in [0.717, 1.165) is 53.2 Å². The summed E-state index contributed by atoms with van der Waals surface area (Å²) in [6.07, 6.45) is 12.0. The summed E-state index contributed by atoms with van der Waals surface area (Å²) in [6, 6.07) is 15.7. The number of hydrogen-bond donors (Lipinski definition) is 2. The lowest BCUT2D eigenvalue weighted by Crippen LogP contribution is -2.22. The first-order valence-electron chi connectivity index (χ1n) is 13.6. The van der Waals surface area contributed by atoms with Crippen molar-refractivity contribution >= 4 is 11.8 Å². The van der Waals surface area contributed by atoms with Gasteiger partial charge >= 0.3 is 0 Å². The van der Waals surface area contributed by atoms with Crippen molar-refractivity contribution in [1.29, 1.82) is 0 Å². The van der Waals surface area contributed by atoms with Gasteiger partial charge in [0.25, 0.3) is 5.56 Å². The molecule has 5 aromatic rings. The van der Waals surface area contributed by atoms with Crippen molar-refractivity contribution in [3.63, 3.8) is 0 Å². The number of pyridine rings is 2. The van der Waals surface area contributed by atoms with Gasteiger partial charge in [0.05, 0.1) is 43.6 Å². The number of anilines is 2. The molecule has 4 aromatic heterocycles. The molecule has 1 aliphatic carbocycles. The van der Waals surface area contributed by atoms with Crippen LogP contribution in [0.2, 0.25) is 0 Å². The number of benzene rings is 1. The summed E-state index contributed by atoms with van der Waals surface area (Å²) in [5.41, 5.74) is 4.30. The lowest BCUT2D eigenvalue weighted by atomic mass is 10.1. The fraction of sp³-hybridized carbons (Fsp3) is 0.267. The molecule has 2 N–H and O–H groups in total. The number of nitrogens with zero attached hydrogens (tertiary/aromatic N) is 7. The smallest absolute Gasteiger partial charge is 0.255 e. The summed E-state index contributed by atoms with van der Waals surface area (Å²) in [6.45, 7) is 2.50. The van der Waals surface area contributed by atoms with Crippen molar-refractivity contribution < 1.29 is 4.74 Å². The molecular formula is C30H31N9O2. The Kier molecular flexibility index (Phi) is 7.40. The largest absolute Gasteiger partial charge is 0.497 e. The Balaban J connectivity index is 1.10. The molecule has 0 spiro atoms. The van der Waals surface area contributed by atoms with Crippen LogP contribution in [-0.4, -0.2) is 53.7 Å². The van der Waals surface area contributed by atoms with Gasteiger partial charge in [-0.15, -0.1) is 5.10 Å². The minimum absolute atomic E-state index is 0.126. The van der Waals surface area contributed by atoms with Gasteiger partial charge in [0.2, 0.25) is 5.95 Å². The number of aromatic nitrogens is 7. The maximum atomic E-state index is 12.7. The van der Waals surface area contributed by atoms with Crippen molar-refractivity contribution in [2.24, 2.45) is 0 Å². The van der Waals surface area contributed by atoms with Crippen molar-refractivity contribution in [1.82, 2.24) is 34.5 Å². The highest BCUT2D eigenvalue weighted by molar-refractivity contribution is 5.61. The molecule has 1 aliphatic rings. The van der Waals surface area contributed by atoms with Crippen LogP contribution in [0.3, 0.4) is 0 Å². The van der Waals surface area contributed by atoms with Gasteiger partial charge < -0.3 is 15.4 Å². The second-order valence-corrected chi connectivity index (χ2v) is 10.2. The zero-order chi connectivity index (χ0) is 28.2. The predicted octanol–water partition coefficient (Wildman–Crippen LogP) is 4.09. The number of hydrogen-bond acceptors (Lipinski definition) is 9. The number of methoxy groups -OCH3 is 1. The Hall–Kier alpha value is -5.06. The molecular weight excluding hydrogens is 518 g/mol. The summed E-state index contributed by atoms with van der Waals surface area (Å²) in [7, 11) is 1.65.